The number of aromatic hydroxyl groups is 1. The van der Waals surface area contributed by atoms with Gasteiger partial charge < -0.3 is 20.1 Å². The molecule has 0 radical (unpaired) electrons. The van der Waals surface area contributed by atoms with E-state index in [-0.39, 0.29) is 17.7 Å². The molecule has 7 nitrogen and oxygen atoms in total. The van der Waals surface area contributed by atoms with Gasteiger partial charge in [-0.1, -0.05) is 36.1 Å². The van der Waals surface area contributed by atoms with E-state index in [1.165, 1.54) is 11.9 Å². The average molecular weight is 517 g/mol. The third-order valence-electron chi connectivity index (χ3n) is 7.27. The summed E-state index contributed by atoms with van der Waals surface area (Å²) < 4.78 is 18.7. The van der Waals surface area contributed by atoms with Crippen molar-refractivity contribution in [2.24, 2.45) is 0 Å². The lowest BCUT2D eigenvalue weighted by atomic mass is 9.88. The monoisotopic (exact) mass is 516 g/mol. The van der Waals surface area contributed by atoms with E-state index in [9.17, 15) is 14.3 Å². The molecule has 198 valence electrons. The van der Waals surface area contributed by atoms with Gasteiger partial charge in [0.05, 0.1) is 25.2 Å². The molecule has 2 heterocycles. The summed E-state index contributed by atoms with van der Waals surface area (Å²) in [6.07, 6.45) is 1.99. The second-order valence-electron chi connectivity index (χ2n) is 10.1. The van der Waals surface area contributed by atoms with Crippen molar-refractivity contribution in [3.05, 3.63) is 93.2 Å². The van der Waals surface area contributed by atoms with E-state index in [4.69, 9.17) is 4.74 Å². The van der Waals surface area contributed by atoms with Crippen LogP contribution in [0.4, 0.5) is 4.39 Å². The number of halogens is 1. The third kappa shape index (κ3) is 6.87. The van der Waals surface area contributed by atoms with E-state index >= 15 is 0 Å². The molecule has 5 rings (SSSR count). The minimum atomic E-state index is -0.733. The molecule has 1 unspecified atom stereocenters. The predicted octanol–water partition coefficient (Wildman–Crippen LogP) is 3.12. The molecule has 3 aromatic rings. The van der Waals surface area contributed by atoms with Crippen molar-refractivity contribution >= 4 is 0 Å². The number of rotatable bonds is 8. The molecule has 1 aliphatic carbocycles. The van der Waals surface area contributed by atoms with E-state index < -0.39 is 11.7 Å². The van der Waals surface area contributed by atoms with Crippen LogP contribution in [0.1, 0.15) is 46.7 Å². The Hall–Kier alpha value is -3.51. The summed E-state index contributed by atoms with van der Waals surface area (Å²) >= 11 is 0. The predicted molar refractivity (Wildman–Crippen MR) is 144 cm³/mol. The third-order valence-corrected chi connectivity index (χ3v) is 7.27. The highest BCUT2D eigenvalue weighted by Crippen LogP contribution is 2.26. The van der Waals surface area contributed by atoms with Crippen LogP contribution in [0.5, 0.6) is 5.75 Å². The Balaban J connectivity index is 1.24. The van der Waals surface area contributed by atoms with Crippen LogP contribution in [0.15, 0.2) is 59.7 Å². The minimum absolute atomic E-state index is 0.0464. The van der Waals surface area contributed by atoms with Gasteiger partial charge in [0.15, 0.2) is 0 Å². The van der Waals surface area contributed by atoms with Crippen LogP contribution in [0.2, 0.25) is 0 Å². The fraction of sp³-hybridized carbons (Fsp3) is 0.400. The number of H-pyrrole nitrogens is 1. The first-order valence-electron chi connectivity index (χ1n) is 13.2. The van der Waals surface area contributed by atoms with Crippen molar-refractivity contribution in [3.63, 3.8) is 0 Å². The van der Waals surface area contributed by atoms with Gasteiger partial charge in [0.1, 0.15) is 6.17 Å². The van der Waals surface area contributed by atoms with E-state index in [0.717, 1.165) is 49.5 Å². The van der Waals surface area contributed by atoms with Gasteiger partial charge in [-0.05, 0) is 48.2 Å². The van der Waals surface area contributed by atoms with Gasteiger partial charge in [0.25, 0.3) is 5.56 Å². The molecule has 0 spiro atoms. The van der Waals surface area contributed by atoms with Crippen LogP contribution >= 0.6 is 0 Å². The van der Waals surface area contributed by atoms with Gasteiger partial charge >= 0.3 is 0 Å². The molecule has 3 N–H and O–H groups in total. The average Bonchev–Trinajstić information content (AvgIpc) is 2.92. The summed E-state index contributed by atoms with van der Waals surface area (Å²) in [5.41, 5.74) is 3.96. The molecule has 1 aromatic heterocycles. The zero-order valence-corrected chi connectivity index (χ0v) is 21.3. The second-order valence-corrected chi connectivity index (χ2v) is 10.1. The molecule has 2 aliphatic rings. The van der Waals surface area contributed by atoms with Crippen molar-refractivity contribution in [1.82, 2.24) is 20.2 Å². The smallest absolute Gasteiger partial charge is 0.293 e. The molecule has 1 saturated carbocycles. The summed E-state index contributed by atoms with van der Waals surface area (Å²) in [5.74, 6) is 6.07. The molecular formula is C30H33FN4O3. The fourth-order valence-electron chi connectivity index (χ4n) is 4.84. The lowest BCUT2D eigenvalue weighted by Gasteiger charge is -2.32. The second kappa shape index (κ2) is 12.4. The number of nitrogens with one attached hydrogen (secondary N) is 2. The Labute approximate surface area is 222 Å². The Morgan fingerprint density at radius 3 is 2.39 bits per heavy atom. The molecule has 38 heavy (non-hydrogen) atoms. The minimum Gasteiger partial charge on any atom is -0.502 e. The van der Waals surface area contributed by atoms with Crippen LogP contribution < -0.4 is 10.9 Å². The van der Waals surface area contributed by atoms with E-state index in [2.05, 4.69) is 56.3 Å². The SMILES string of the molecule is O=c1[nH]cnc(CC(CN[C@H]2C[C@H](F)C2)c2ccc(C#Cc3ccc(CN4CCOCC4)cc3)cc2)c1O. The number of alkyl halides is 1. The highest BCUT2D eigenvalue weighted by Gasteiger charge is 2.29. The van der Waals surface area contributed by atoms with E-state index in [1.807, 2.05) is 24.3 Å². The summed E-state index contributed by atoms with van der Waals surface area (Å²) in [5, 5.41) is 13.6. The molecule has 1 saturated heterocycles. The quantitative estimate of drug-likeness (QED) is 0.399. The maximum atomic E-state index is 13.3. The first kappa shape index (κ1) is 26.1. The van der Waals surface area contributed by atoms with Crippen molar-refractivity contribution in [3.8, 4) is 17.6 Å². The van der Waals surface area contributed by atoms with Gasteiger partial charge in [0.2, 0.25) is 5.75 Å². The summed E-state index contributed by atoms with van der Waals surface area (Å²) in [4.78, 5) is 20.8. The Kier molecular flexibility index (Phi) is 8.49. The summed E-state index contributed by atoms with van der Waals surface area (Å²) in [6, 6.07) is 16.5. The molecule has 2 aromatic carbocycles. The number of aromatic amines is 1. The van der Waals surface area contributed by atoms with Crippen molar-refractivity contribution in [1.29, 1.82) is 0 Å². The Morgan fingerprint density at radius 2 is 1.74 bits per heavy atom. The van der Waals surface area contributed by atoms with Gasteiger partial charge in [0, 0.05) is 55.7 Å². The van der Waals surface area contributed by atoms with Crippen LogP contribution in [0.3, 0.4) is 0 Å². The number of hydrogen-bond acceptors (Lipinski definition) is 6. The molecule has 1 atom stereocenters. The number of hydrogen-bond donors (Lipinski definition) is 3. The summed E-state index contributed by atoms with van der Waals surface area (Å²) in [7, 11) is 0. The molecule has 2 fully saturated rings. The standard InChI is InChI=1S/C30H33FN4O3/c31-26-16-27(17-26)32-18-25(15-28-29(36)30(37)34-20-33-28)24-9-7-22(8-10-24)2-1-21-3-5-23(6-4-21)19-35-11-13-38-14-12-35/h3-10,20,25-27,32,36H,11-19H2,(H,33,34,37)/t25?,26-,27-. The number of nitrogens with zero attached hydrogens (tertiary/aromatic N) is 2. The van der Waals surface area contributed by atoms with Crippen molar-refractivity contribution < 1.29 is 14.2 Å². The number of aromatic nitrogens is 2. The van der Waals surface area contributed by atoms with Crippen molar-refractivity contribution in [2.75, 3.05) is 32.8 Å². The summed E-state index contributed by atoms with van der Waals surface area (Å²) in [6.45, 7) is 5.04. The molecule has 8 heteroatoms. The normalized spacial score (nSPS) is 20.2. The highest BCUT2D eigenvalue weighted by atomic mass is 19.1. The van der Waals surface area contributed by atoms with Crippen LogP contribution in [-0.4, -0.2) is 65.0 Å². The largest absolute Gasteiger partial charge is 0.502 e. The Morgan fingerprint density at radius 1 is 1.08 bits per heavy atom. The van der Waals surface area contributed by atoms with Crippen LogP contribution in [0, 0.1) is 11.8 Å². The van der Waals surface area contributed by atoms with Gasteiger partial charge in [-0.25, -0.2) is 9.37 Å². The topological polar surface area (TPSA) is 90.5 Å². The van der Waals surface area contributed by atoms with Gasteiger partial charge in [-0.15, -0.1) is 0 Å². The van der Waals surface area contributed by atoms with Crippen molar-refractivity contribution in [2.45, 2.75) is 43.9 Å². The Bertz CT molecular complexity index is 1320. The molecule has 0 bridgehead atoms. The number of morpholine rings is 1. The van der Waals surface area contributed by atoms with Crippen LogP contribution in [-0.2, 0) is 17.7 Å². The lowest BCUT2D eigenvalue weighted by molar-refractivity contribution is 0.0342. The number of benzene rings is 2. The highest BCUT2D eigenvalue weighted by molar-refractivity contribution is 5.44. The van der Waals surface area contributed by atoms with Gasteiger partial charge in [-0.2, -0.15) is 0 Å². The molecular weight excluding hydrogens is 483 g/mol. The maximum absolute atomic E-state index is 13.3. The zero-order chi connectivity index (χ0) is 26.3. The first-order valence-corrected chi connectivity index (χ1v) is 13.2. The van der Waals surface area contributed by atoms with E-state index in [0.29, 0.717) is 31.5 Å². The van der Waals surface area contributed by atoms with E-state index in [1.54, 1.807) is 0 Å². The van der Waals surface area contributed by atoms with Crippen LogP contribution in [0.25, 0.3) is 0 Å². The molecule has 0 amide bonds. The lowest BCUT2D eigenvalue weighted by Crippen LogP contribution is -2.44. The first-order chi connectivity index (χ1) is 18.5. The maximum Gasteiger partial charge on any atom is 0.293 e. The fourth-order valence-corrected chi connectivity index (χ4v) is 4.84. The van der Waals surface area contributed by atoms with Gasteiger partial charge in [-0.3, -0.25) is 9.69 Å². The number of ether oxygens (including phenoxy) is 1. The zero-order valence-electron chi connectivity index (χ0n) is 21.3. The molecule has 1 aliphatic heterocycles.